The van der Waals surface area contributed by atoms with Gasteiger partial charge in [0.2, 0.25) is 0 Å². The van der Waals surface area contributed by atoms with Gasteiger partial charge >= 0.3 is 6.18 Å². The Hall–Kier alpha value is -2.77. The fourth-order valence-electron chi connectivity index (χ4n) is 2.42. The summed E-state index contributed by atoms with van der Waals surface area (Å²) in [5, 5.41) is 4.24. The topological polar surface area (TPSA) is 51.3 Å². The molecule has 0 aliphatic carbocycles. The van der Waals surface area contributed by atoms with Crippen molar-refractivity contribution in [1.82, 2.24) is 14.7 Å². The van der Waals surface area contributed by atoms with E-state index in [1.54, 1.807) is 12.1 Å². The summed E-state index contributed by atoms with van der Waals surface area (Å²) in [5.41, 5.74) is -0.542. The quantitative estimate of drug-likeness (QED) is 0.735. The summed E-state index contributed by atoms with van der Waals surface area (Å²) >= 11 is 0. The van der Waals surface area contributed by atoms with Gasteiger partial charge in [-0.3, -0.25) is 9.48 Å². The number of amides is 1. The molecule has 0 radical (unpaired) electrons. The van der Waals surface area contributed by atoms with Gasteiger partial charge in [0.25, 0.3) is 5.91 Å². The number of aryl methyl sites for hydroxylation is 1. The molecule has 1 aromatic carbocycles. The van der Waals surface area contributed by atoms with Crippen LogP contribution in [0.2, 0.25) is 0 Å². The Kier molecular flexibility index (Phi) is 3.82. The molecule has 0 N–H and O–H groups in total. The Morgan fingerprint density at radius 1 is 1.29 bits per heavy atom. The predicted molar refractivity (Wildman–Crippen MR) is 80.2 cm³/mol. The molecule has 0 spiro atoms. The molecule has 0 saturated heterocycles. The van der Waals surface area contributed by atoms with Gasteiger partial charge in [-0.05, 0) is 12.1 Å². The smallest absolute Gasteiger partial charge is 0.435 e. The van der Waals surface area contributed by atoms with E-state index in [0.29, 0.717) is 11.3 Å². The van der Waals surface area contributed by atoms with Crippen molar-refractivity contribution in [3.8, 4) is 0 Å². The standard InChI is InChI=1S/C16H14F3N3O2/c1-21(9-11-7-10-5-3-4-6-13(10)24-11)15(23)12-8-14(16(17,18)19)20-22(12)2/h3-8H,9H2,1-2H3. The zero-order chi connectivity index (χ0) is 17.5. The largest absolute Gasteiger partial charge is 0.459 e. The van der Waals surface area contributed by atoms with E-state index in [1.165, 1.54) is 19.0 Å². The van der Waals surface area contributed by atoms with Crippen LogP contribution in [0.4, 0.5) is 13.2 Å². The van der Waals surface area contributed by atoms with E-state index in [4.69, 9.17) is 4.42 Å². The van der Waals surface area contributed by atoms with Crippen molar-refractivity contribution in [1.29, 1.82) is 0 Å². The first-order chi connectivity index (χ1) is 11.3. The SMILES string of the molecule is CN(Cc1cc2ccccc2o1)C(=O)c1cc(C(F)(F)F)nn1C. The zero-order valence-electron chi connectivity index (χ0n) is 13.0. The molecule has 1 amide bonds. The number of para-hydroxylation sites is 1. The molecule has 0 fully saturated rings. The second kappa shape index (κ2) is 5.70. The number of fused-ring (bicyclic) bond motifs is 1. The van der Waals surface area contributed by atoms with E-state index >= 15 is 0 Å². The van der Waals surface area contributed by atoms with Crippen molar-refractivity contribution in [3.05, 3.63) is 53.5 Å². The molecule has 0 saturated carbocycles. The van der Waals surface area contributed by atoms with E-state index in [2.05, 4.69) is 5.10 Å². The van der Waals surface area contributed by atoms with Crippen LogP contribution in [-0.2, 0) is 19.8 Å². The number of alkyl halides is 3. The number of halogens is 3. The summed E-state index contributed by atoms with van der Waals surface area (Å²) in [6.45, 7) is 0.139. The summed E-state index contributed by atoms with van der Waals surface area (Å²) in [7, 11) is 2.80. The Morgan fingerprint density at radius 3 is 2.62 bits per heavy atom. The number of carbonyl (C=O) groups excluding carboxylic acids is 1. The van der Waals surface area contributed by atoms with Crippen LogP contribution >= 0.6 is 0 Å². The van der Waals surface area contributed by atoms with Gasteiger partial charge in [-0.15, -0.1) is 0 Å². The second-order valence-corrected chi connectivity index (χ2v) is 5.45. The third kappa shape index (κ3) is 2.99. The summed E-state index contributed by atoms with van der Waals surface area (Å²) in [6.07, 6.45) is -4.59. The van der Waals surface area contributed by atoms with E-state index in [1.807, 2.05) is 18.2 Å². The van der Waals surface area contributed by atoms with Crippen molar-refractivity contribution >= 4 is 16.9 Å². The van der Waals surface area contributed by atoms with Crippen LogP contribution in [0.25, 0.3) is 11.0 Å². The Bertz CT molecular complexity index is 862. The number of benzene rings is 1. The molecule has 0 aliphatic rings. The fourth-order valence-corrected chi connectivity index (χ4v) is 2.42. The van der Waals surface area contributed by atoms with Crippen molar-refractivity contribution in [2.24, 2.45) is 7.05 Å². The average Bonchev–Trinajstić information content (AvgIpc) is 3.08. The molecule has 8 heteroatoms. The van der Waals surface area contributed by atoms with Gasteiger partial charge in [-0.1, -0.05) is 18.2 Å². The number of aromatic nitrogens is 2. The summed E-state index contributed by atoms with van der Waals surface area (Å²) < 4.78 is 44.6. The molecule has 3 aromatic rings. The van der Waals surface area contributed by atoms with E-state index in [-0.39, 0.29) is 12.2 Å². The highest BCUT2D eigenvalue weighted by atomic mass is 19.4. The Labute approximate surface area is 135 Å². The number of hydrogen-bond donors (Lipinski definition) is 0. The summed E-state index contributed by atoms with van der Waals surface area (Å²) in [4.78, 5) is 13.7. The number of nitrogens with zero attached hydrogens (tertiary/aromatic N) is 3. The highest BCUT2D eigenvalue weighted by Crippen LogP contribution is 2.28. The molecule has 5 nitrogen and oxygen atoms in total. The van der Waals surface area contributed by atoms with Gasteiger partial charge in [0.05, 0.1) is 6.54 Å². The van der Waals surface area contributed by atoms with Crippen LogP contribution in [0.1, 0.15) is 21.9 Å². The molecule has 2 heterocycles. The van der Waals surface area contributed by atoms with Crippen molar-refractivity contribution < 1.29 is 22.4 Å². The minimum absolute atomic E-state index is 0.138. The van der Waals surface area contributed by atoms with E-state index < -0.39 is 17.8 Å². The van der Waals surface area contributed by atoms with Crippen LogP contribution in [0.5, 0.6) is 0 Å². The maximum absolute atomic E-state index is 12.7. The Morgan fingerprint density at radius 2 is 2.00 bits per heavy atom. The van der Waals surface area contributed by atoms with Crippen LogP contribution in [0.15, 0.2) is 40.8 Å². The third-order valence-electron chi connectivity index (χ3n) is 3.61. The van der Waals surface area contributed by atoms with Gasteiger partial charge in [-0.25, -0.2) is 0 Å². The zero-order valence-corrected chi connectivity index (χ0v) is 13.0. The van der Waals surface area contributed by atoms with Gasteiger partial charge in [0, 0.05) is 25.5 Å². The maximum Gasteiger partial charge on any atom is 0.435 e. The number of rotatable bonds is 3. The van der Waals surface area contributed by atoms with Gasteiger partial charge < -0.3 is 9.32 Å². The fraction of sp³-hybridized carbons (Fsp3) is 0.250. The Balaban J connectivity index is 1.81. The van der Waals surface area contributed by atoms with Crippen LogP contribution in [0, 0.1) is 0 Å². The van der Waals surface area contributed by atoms with Gasteiger partial charge in [-0.2, -0.15) is 18.3 Å². The van der Waals surface area contributed by atoms with Gasteiger partial charge in [0.1, 0.15) is 17.0 Å². The van der Waals surface area contributed by atoms with E-state index in [9.17, 15) is 18.0 Å². The molecule has 3 rings (SSSR count). The monoisotopic (exact) mass is 337 g/mol. The van der Waals surface area contributed by atoms with Crippen LogP contribution < -0.4 is 0 Å². The normalized spacial score (nSPS) is 11.9. The summed E-state index contributed by atoms with van der Waals surface area (Å²) in [6, 6.07) is 9.92. The lowest BCUT2D eigenvalue weighted by Gasteiger charge is -2.15. The molecule has 0 aliphatic heterocycles. The minimum atomic E-state index is -4.59. The highest BCUT2D eigenvalue weighted by Gasteiger charge is 2.35. The van der Waals surface area contributed by atoms with Gasteiger partial charge in [0.15, 0.2) is 5.69 Å². The number of carbonyl (C=O) groups is 1. The molecule has 126 valence electrons. The lowest BCUT2D eigenvalue weighted by molar-refractivity contribution is -0.141. The maximum atomic E-state index is 12.7. The van der Waals surface area contributed by atoms with Crippen molar-refractivity contribution in [2.75, 3.05) is 7.05 Å². The molecule has 0 bridgehead atoms. The van der Waals surface area contributed by atoms with Crippen LogP contribution in [-0.4, -0.2) is 27.6 Å². The lowest BCUT2D eigenvalue weighted by atomic mass is 10.2. The van der Waals surface area contributed by atoms with Crippen molar-refractivity contribution in [3.63, 3.8) is 0 Å². The molecule has 0 unspecified atom stereocenters. The first-order valence-corrected chi connectivity index (χ1v) is 7.10. The minimum Gasteiger partial charge on any atom is -0.459 e. The predicted octanol–water partition coefficient (Wildman–Crippen LogP) is 3.46. The van der Waals surface area contributed by atoms with Crippen LogP contribution in [0.3, 0.4) is 0 Å². The summed E-state index contributed by atoms with van der Waals surface area (Å²) in [5.74, 6) is -0.0220. The second-order valence-electron chi connectivity index (χ2n) is 5.45. The molecular weight excluding hydrogens is 323 g/mol. The third-order valence-corrected chi connectivity index (χ3v) is 3.61. The molecule has 24 heavy (non-hydrogen) atoms. The molecular formula is C16H14F3N3O2. The molecule has 2 aromatic heterocycles. The lowest BCUT2D eigenvalue weighted by Crippen LogP contribution is -2.27. The van der Waals surface area contributed by atoms with E-state index in [0.717, 1.165) is 16.1 Å². The number of hydrogen-bond acceptors (Lipinski definition) is 3. The van der Waals surface area contributed by atoms with Crippen molar-refractivity contribution in [2.45, 2.75) is 12.7 Å². The first kappa shape index (κ1) is 16.1. The first-order valence-electron chi connectivity index (χ1n) is 7.10. The average molecular weight is 337 g/mol. The number of furan rings is 1. The molecule has 0 atom stereocenters. The highest BCUT2D eigenvalue weighted by molar-refractivity contribution is 5.92.